The number of fused-ring (bicyclic) bond motifs is 3. The standard InChI is InChI=1S/C9H5N3O2/c13-9-8-7-4-2-1-3-6(7)5-10-12(8)11-14-9/h1-5H/p+1. The summed E-state index contributed by atoms with van der Waals surface area (Å²) in [6, 6.07) is 7.52. The SMILES string of the molecule is O=c1o[nH][n+]2ncc3ccccc3c12. The highest BCUT2D eigenvalue weighted by Gasteiger charge is 2.17. The highest BCUT2D eigenvalue weighted by molar-refractivity contribution is 5.92. The number of H-pyrrole nitrogens is 1. The molecule has 0 radical (unpaired) electrons. The smallest absolute Gasteiger partial charge is 0.280 e. The molecule has 2 aromatic heterocycles. The third-order valence-electron chi connectivity index (χ3n) is 2.16. The van der Waals surface area contributed by atoms with Crippen molar-refractivity contribution >= 4 is 16.3 Å². The minimum absolute atomic E-state index is 0.408. The molecule has 0 aliphatic carbocycles. The summed E-state index contributed by atoms with van der Waals surface area (Å²) in [6.45, 7) is 0. The van der Waals surface area contributed by atoms with E-state index in [0.29, 0.717) is 5.52 Å². The van der Waals surface area contributed by atoms with Gasteiger partial charge in [-0.15, -0.1) is 0 Å². The normalized spacial score (nSPS) is 11.1. The van der Waals surface area contributed by atoms with Gasteiger partial charge in [-0.1, -0.05) is 18.2 Å². The van der Waals surface area contributed by atoms with Crippen molar-refractivity contribution in [3.8, 4) is 0 Å². The average Bonchev–Trinajstić information content (AvgIpc) is 2.61. The molecule has 0 saturated carbocycles. The minimum atomic E-state index is -0.408. The number of rotatable bonds is 0. The second-order valence-corrected chi connectivity index (χ2v) is 2.97. The first-order valence-corrected chi connectivity index (χ1v) is 4.13. The molecule has 68 valence electrons. The molecule has 2 heterocycles. The molecule has 5 heteroatoms. The lowest BCUT2D eigenvalue weighted by atomic mass is 10.2. The molecule has 1 aromatic carbocycles. The maximum atomic E-state index is 11.3. The van der Waals surface area contributed by atoms with E-state index in [0.717, 1.165) is 10.8 Å². The Labute approximate surface area is 77.5 Å². The van der Waals surface area contributed by atoms with E-state index in [-0.39, 0.29) is 0 Å². The van der Waals surface area contributed by atoms with Crippen LogP contribution in [0.2, 0.25) is 0 Å². The lowest BCUT2D eigenvalue weighted by Crippen LogP contribution is -2.28. The number of aromatic amines is 1. The number of benzene rings is 1. The first-order valence-electron chi connectivity index (χ1n) is 4.13. The van der Waals surface area contributed by atoms with Crippen LogP contribution in [0.25, 0.3) is 16.3 Å². The van der Waals surface area contributed by atoms with Crippen LogP contribution in [0.15, 0.2) is 39.8 Å². The number of nitrogens with zero attached hydrogens (tertiary/aromatic N) is 2. The largest absolute Gasteiger partial charge is 0.438 e. The molecule has 0 saturated heterocycles. The molecule has 3 aromatic rings. The first-order chi connectivity index (χ1) is 6.86. The molecular formula is C9H6N3O2+. The lowest BCUT2D eigenvalue weighted by molar-refractivity contribution is -0.655. The van der Waals surface area contributed by atoms with Crippen LogP contribution in [0.4, 0.5) is 0 Å². The second-order valence-electron chi connectivity index (χ2n) is 2.97. The first kappa shape index (κ1) is 7.25. The van der Waals surface area contributed by atoms with Crippen LogP contribution in [0.1, 0.15) is 0 Å². The van der Waals surface area contributed by atoms with Crippen LogP contribution in [0.3, 0.4) is 0 Å². The fourth-order valence-corrected chi connectivity index (χ4v) is 1.52. The van der Waals surface area contributed by atoms with E-state index in [1.54, 1.807) is 6.20 Å². The van der Waals surface area contributed by atoms with Crippen molar-refractivity contribution in [3.63, 3.8) is 0 Å². The van der Waals surface area contributed by atoms with Gasteiger partial charge in [-0.05, 0) is 6.07 Å². The monoisotopic (exact) mass is 188 g/mol. The Hall–Kier alpha value is -2.17. The zero-order valence-corrected chi connectivity index (χ0v) is 7.10. The van der Waals surface area contributed by atoms with Gasteiger partial charge >= 0.3 is 11.1 Å². The van der Waals surface area contributed by atoms with Crippen molar-refractivity contribution < 1.29 is 9.15 Å². The maximum absolute atomic E-state index is 11.3. The molecule has 5 nitrogen and oxygen atoms in total. The molecule has 1 N–H and O–H groups in total. The van der Waals surface area contributed by atoms with E-state index in [9.17, 15) is 4.79 Å². The van der Waals surface area contributed by atoms with Crippen molar-refractivity contribution in [2.75, 3.05) is 0 Å². The fourth-order valence-electron chi connectivity index (χ4n) is 1.52. The van der Waals surface area contributed by atoms with Crippen molar-refractivity contribution in [2.24, 2.45) is 0 Å². The van der Waals surface area contributed by atoms with Gasteiger partial charge in [-0.3, -0.25) is 4.52 Å². The van der Waals surface area contributed by atoms with Gasteiger partial charge in [0, 0.05) is 15.8 Å². The molecule has 0 fully saturated rings. The average molecular weight is 188 g/mol. The van der Waals surface area contributed by atoms with E-state index in [2.05, 4.69) is 14.9 Å². The zero-order valence-electron chi connectivity index (χ0n) is 7.10. The quantitative estimate of drug-likeness (QED) is 0.514. The van der Waals surface area contributed by atoms with E-state index < -0.39 is 5.63 Å². The summed E-state index contributed by atoms with van der Waals surface area (Å²) in [7, 11) is 0. The van der Waals surface area contributed by atoms with Gasteiger partial charge < -0.3 is 0 Å². The Morgan fingerprint density at radius 3 is 3.14 bits per heavy atom. The Balaban J connectivity index is 2.72. The summed E-state index contributed by atoms with van der Waals surface area (Å²) in [5, 5.41) is 8.14. The summed E-state index contributed by atoms with van der Waals surface area (Å²) >= 11 is 0. The molecule has 14 heavy (non-hydrogen) atoms. The van der Waals surface area contributed by atoms with Crippen LogP contribution < -0.4 is 10.3 Å². The van der Waals surface area contributed by atoms with E-state index >= 15 is 0 Å². The molecule has 0 aliphatic rings. The van der Waals surface area contributed by atoms with Crippen LogP contribution in [0.5, 0.6) is 0 Å². The molecule has 0 aliphatic heterocycles. The van der Waals surface area contributed by atoms with Gasteiger partial charge in [0.2, 0.25) is 0 Å². The number of hydrogen-bond acceptors (Lipinski definition) is 3. The number of nitrogens with one attached hydrogen (secondary N) is 1. The lowest BCUT2D eigenvalue weighted by Gasteiger charge is -1.88. The van der Waals surface area contributed by atoms with Crippen LogP contribution in [-0.4, -0.2) is 10.4 Å². The Kier molecular flexibility index (Phi) is 1.25. The highest BCUT2D eigenvalue weighted by atomic mass is 16.5. The molecule has 0 amide bonds. The molecular weight excluding hydrogens is 182 g/mol. The fraction of sp³-hybridized carbons (Fsp3) is 0. The van der Waals surface area contributed by atoms with E-state index in [4.69, 9.17) is 0 Å². The van der Waals surface area contributed by atoms with Gasteiger partial charge in [0.15, 0.2) is 0 Å². The van der Waals surface area contributed by atoms with E-state index in [1.807, 2.05) is 24.3 Å². The molecule has 0 unspecified atom stereocenters. The Bertz CT molecular complexity index is 668. The van der Waals surface area contributed by atoms with Crippen LogP contribution in [0, 0.1) is 0 Å². The van der Waals surface area contributed by atoms with Crippen LogP contribution in [-0.2, 0) is 0 Å². The summed E-state index contributed by atoms with van der Waals surface area (Å²) in [5.41, 5.74) is 0.0254. The van der Waals surface area contributed by atoms with Gasteiger partial charge in [0.25, 0.3) is 0 Å². The van der Waals surface area contributed by atoms with Gasteiger partial charge in [0.1, 0.15) is 6.20 Å². The third-order valence-corrected chi connectivity index (χ3v) is 2.16. The van der Waals surface area contributed by atoms with Gasteiger partial charge in [-0.25, -0.2) is 4.79 Å². The summed E-state index contributed by atoms with van der Waals surface area (Å²) in [5.74, 6) is 0. The van der Waals surface area contributed by atoms with E-state index in [1.165, 1.54) is 4.63 Å². The second kappa shape index (κ2) is 2.41. The molecule has 0 bridgehead atoms. The predicted molar refractivity (Wildman–Crippen MR) is 47.8 cm³/mol. The predicted octanol–water partition coefficient (Wildman–Crippen LogP) is 0.255. The third kappa shape index (κ3) is 0.806. The number of aromatic nitrogens is 3. The van der Waals surface area contributed by atoms with Crippen LogP contribution >= 0.6 is 0 Å². The Morgan fingerprint density at radius 2 is 2.21 bits per heavy atom. The molecule has 3 rings (SSSR count). The maximum Gasteiger partial charge on any atom is 0.438 e. The van der Waals surface area contributed by atoms with Crippen molar-refractivity contribution in [1.82, 2.24) is 10.4 Å². The summed E-state index contributed by atoms with van der Waals surface area (Å²) in [4.78, 5) is 11.3. The molecule has 0 spiro atoms. The Morgan fingerprint density at radius 1 is 1.36 bits per heavy atom. The van der Waals surface area contributed by atoms with Gasteiger partial charge in [0.05, 0.1) is 10.0 Å². The van der Waals surface area contributed by atoms with Crippen molar-refractivity contribution in [1.29, 1.82) is 0 Å². The van der Waals surface area contributed by atoms with Gasteiger partial charge in [-0.2, -0.15) is 0 Å². The topological polar surface area (TPSA) is 63.0 Å². The highest BCUT2D eigenvalue weighted by Crippen LogP contribution is 2.12. The van der Waals surface area contributed by atoms with Crippen molar-refractivity contribution in [3.05, 3.63) is 40.9 Å². The number of hydrogen-bond donors (Lipinski definition) is 1. The van der Waals surface area contributed by atoms with Crippen molar-refractivity contribution in [2.45, 2.75) is 0 Å². The molecule has 0 atom stereocenters. The zero-order chi connectivity index (χ0) is 9.54. The summed E-state index contributed by atoms with van der Waals surface area (Å²) in [6.07, 6.45) is 1.67. The summed E-state index contributed by atoms with van der Waals surface area (Å²) < 4.78 is 5.97. The minimum Gasteiger partial charge on any atom is -0.280 e.